The first-order valence-corrected chi connectivity index (χ1v) is 7.44. The predicted molar refractivity (Wildman–Crippen MR) is 78.0 cm³/mol. The molecule has 2 fully saturated rings. The summed E-state index contributed by atoms with van der Waals surface area (Å²) in [6.07, 6.45) is 0. The van der Waals surface area contributed by atoms with Gasteiger partial charge in [0.25, 0.3) is 0 Å². The van der Waals surface area contributed by atoms with Crippen molar-refractivity contribution >= 4 is 5.91 Å². The smallest absolute Gasteiger partial charge is 0.236 e. The van der Waals surface area contributed by atoms with Gasteiger partial charge in [-0.25, -0.2) is 0 Å². The third-order valence-corrected chi connectivity index (χ3v) is 5.80. The number of carbonyl (C=O) groups excluding carboxylic acids is 1. The summed E-state index contributed by atoms with van der Waals surface area (Å²) in [5, 5.41) is 3.36. The zero-order valence-corrected chi connectivity index (χ0v) is 13.1. The Bertz CT molecular complexity index is 329. The molecule has 1 saturated heterocycles. The van der Waals surface area contributed by atoms with Gasteiger partial charge in [0.1, 0.15) is 0 Å². The van der Waals surface area contributed by atoms with Gasteiger partial charge in [-0.3, -0.25) is 4.79 Å². The highest BCUT2D eigenvalue weighted by molar-refractivity contribution is 5.78. The van der Waals surface area contributed by atoms with Crippen LogP contribution in [0.15, 0.2) is 0 Å². The molecule has 0 aromatic rings. The quantitative estimate of drug-likeness (QED) is 0.826. The van der Waals surface area contributed by atoms with E-state index in [9.17, 15) is 4.79 Å². The number of nitrogens with one attached hydrogen (secondary N) is 1. The Kier molecular flexibility index (Phi) is 3.94. The molecular weight excluding hydrogens is 238 g/mol. The number of likely N-dealkylation sites (N-methyl/N-ethyl adjacent to an activating group) is 1. The van der Waals surface area contributed by atoms with Crippen LogP contribution in [-0.2, 0) is 4.79 Å². The van der Waals surface area contributed by atoms with Crippen molar-refractivity contribution in [3.8, 4) is 0 Å². The van der Waals surface area contributed by atoms with Gasteiger partial charge in [-0.1, -0.05) is 27.7 Å². The third kappa shape index (κ3) is 2.79. The summed E-state index contributed by atoms with van der Waals surface area (Å²) in [7, 11) is 2.11. The fourth-order valence-electron chi connectivity index (χ4n) is 3.33. The van der Waals surface area contributed by atoms with Crippen molar-refractivity contribution in [2.75, 3.05) is 46.3 Å². The first-order chi connectivity index (χ1) is 8.76. The van der Waals surface area contributed by atoms with Crippen LogP contribution in [0.3, 0.4) is 0 Å². The average Bonchev–Trinajstić information content (AvgIpc) is 2.72. The molecule has 0 unspecified atom stereocenters. The maximum absolute atomic E-state index is 12.1. The summed E-state index contributed by atoms with van der Waals surface area (Å²) in [5.41, 5.74) is 0.799. The number of hydrogen-bond donors (Lipinski definition) is 1. The van der Waals surface area contributed by atoms with Crippen molar-refractivity contribution in [1.29, 1.82) is 0 Å². The second-order valence-corrected chi connectivity index (χ2v) is 7.31. The van der Waals surface area contributed by atoms with E-state index in [1.807, 2.05) is 4.90 Å². The van der Waals surface area contributed by atoms with E-state index in [2.05, 4.69) is 45.0 Å². The van der Waals surface area contributed by atoms with E-state index in [0.29, 0.717) is 23.3 Å². The first kappa shape index (κ1) is 14.8. The van der Waals surface area contributed by atoms with Crippen LogP contribution in [0, 0.1) is 16.7 Å². The van der Waals surface area contributed by atoms with Gasteiger partial charge in [-0.05, 0) is 30.3 Å². The van der Waals surface area contributed by atoms with Crippen LogP contribution in [0.4, 0.5) is 0 Å². The summed E-state index contributed by atoms with van der Waals surface area (Å²) in [6.45, 7) is 14.5. The number of carbonyl (C=O) groups is 1. The molecule has 2 rings (SSSR count). The molecule has 0 spiro atoms. The Morgan fingerprint density at radius 3 is 2.11 bits per heavy atom. The zero-order chi connectivity index (χ0) is 14.3. The second-order valence-electron chi connectivity index (χ2n) is 7.31. The number of rotatable bonds is 4. The molecular formula is C15H29N3O. The molecule has 1 amide bonds. The lowest BCUT2D eigenvalue weighted by Crippen LogP contribution is -2.49. The minimum Gasteiger partial charge on any atom is -0.339 e. The standard InChI is InChI=1S/C15H29N3O/c1-14(2)12(15(14,3)4)10-16-11-13(19)18-8-6-17(5)7-9-18/h12,16H,6-11H2,1-5H3. The van der Waals surface area contributed by atoms with Gasteiger partial charge in [0.05, 0.1) is 6.54 Å². The van der Waals surface area contributed by atoms with Gasteiger partial charge in [0, 0.05) is 26.2 Å². The van der Waals surface area contributed by atoms with Crippen molar-refractivity contribution in [1.82, 2.24) is 15.1 Å². The molecule has 4 nitrogen and oxygen atoms in total. The maximum atomic E-state index is 12.1. The van der Waals surface area contributed by atoms with E-state index in [-0.39, 0.29) is 5.91 Å². The molecule has 0 aromatic heterocycles. The molecule has 4 heteroatoms. The molecule has 0 bridgehead atoms. The highest BCUT2D eigenvalue weighted by atomic mass is 16.2. The van der Waals surface area contributed by atoms with Crippen molar-refractivity contribution in [2.45, 2.75) is 27.7 Å². The van der Waals surface area contributed by atoms with Crippen molar-refractivity contribution in [3.63, 3.8) is 0 Å². The monoisotopic (exact) mass is 267 g/mol. The summed E-state index contributed by atoms with van der Waals surface area (Å²) >= 11 is 0. The van der Waals surface area contributed by atoms with Crippen LogP contribution >= 0.6 is 0 Å². The lowest BCUT2D eigenvalue weighted by atomic mass is 10.0. The molecule has 1 heterocycles. The normalized spacial score (nSPS) is 26.5. The Balaban J connectivity index is 1.68. The Morgan fingerprint density at radius 1 is 1.11 bits per heavy atom. The van der Waals surface area contributed by atoms with E-state index in [4.69, 9.17) is 0 Å². The molecule has 19 heavy (non-hydrogen) atoms. The molecule has 0 atom stereocenters. The summed E-state index contributed by atoms with van der Waals surface area (Å²) < 4.78 is 0. The van der Waals surface area contributed by atoms with Crippen LogP contribution in [0.25, 0.3) is 0 Å². The topological polar surface area (TPSA) is 35.6 Å². The van der Waals surface area contributed by atoms with Crippen molar-refractivity contribution < 1.29 is 4.79 Å². The van der Waals surface area contributed by atoms with Gasteiger partial charge in [-0.2, -0.15) is 0 Å². The van der Waals surface area contributed by atoms with Gasteiger partial charge in [-0.15, -0.1) is 0 Å². The minimum absolute atomic E-state index is 0.254. The number of amides is 1. The molecule has 1 saturated carbocycles. The average molecular weight is 267 g/mol. The molecule has 0 radical (unpaired) electrons. The Labute approximate surface area is 117 Å². The van der Waals surface area contributed by atoms with Gasteiger partial charge < -0.3 is 15.1 Å². The highest BCUT2D eigenvalue weighted by Crippen LogP contribution is 2.67. The van der Waals surface area contributed by atoms with Crippen molar-refractivity contribution in [3.05, 3.63) is 0 Å². The fourth-order valence-corrected chi connectivity index (χ4v) is 3.33. The predicted octanol–water partition coefficient (Wildman–Crippen LogP) is 1.03. The summed E-state index contributed by atoms with van der Waals surface area (Å²) in [6, 6.07) is 0. The highest BCUT2D eigenvalue weighted by Gasteiger charge is 2.63. The van der Waals surface area contributed by atoms with Gasteiger partial charge >= 0.3 is 0 Å². The SMILES string of the molecule is CN1CCN(C(=O)CNCC2C(C)(C)C2(C)C)CC1. The third-order valence-electron chi connectivity index (χ3n) is 5.80. The summed E-state index contributed by atoms with van der Waals surface area (Å²) in [4.78, 5) is 16.3. The van der Waals surface area contributed by atoms with Crippen LogP contribution in [0.5, 0.6) is 0 Å². The molecule has 110 valence electrons. The van der Waals surface area contributed by atoms with Crippen LogP contribution < -0.4 is 5.32 Å². The number of hydrogen-bond acceptors (Lipinski definition) is 3. The maximum Gasteiger partial charge on any atom is 0.236 e. The molecule has 1 N–H and O–H groups in total. The minimum atomic E-state index is 0.254. The number of nitrogens with zero attached hydrogens (tertiary/aromatic N) is 2. The molecule has 2 aliphatic rings. The van der Waals surface area contributed by atoms with Crippen LogP contribution in [0.2, 0.25) is 0 Å². The van der Waals surface area contributed by atoms with E-state index < -0.39 is 0 Å². The van der Waals surface area contributed by atoms with Crippen LogP contribution in [0.1, 0.15) is 27.7 Å². The number of piperazine rings is 1. The Morgan fingerprint density at radius 2 is 1.63 bits per heavy atom. The molecule has 1 aliphatic heterocycles. The molecule has 1 aliphatic carbocycles. The van der Waals surface area contributed by atoms with E-state index >= 15 is 0 Å². The van der Waals surface area contributed by atoms with Gasteiger partial charge in [0.2, 0.25) is 5.91 Å². The zero-order valence-electron chi connectivity index (χ0n) is 13.1. The first-order valence-electron chi connectivity index (χ1n) is 7.44. The largest absolute Gasteiger partial charge is 0.339 e. The second kappa shape index (κ2) is 5.06. The lowest BCUT2D eigenvalue weighted by molar-refractivity contribution is -0.131. The van der Waals surface area contributed by atoms with E-state index in [1.54, 1.807) is 0 Å². The molecule has 0 aromatic carbocycles. The van der Waals surface area contributed by atoms with Gasteiger partial charge in [0.15, 0.2) is 0 Å². The lowest BCUT2D eigenvalue weighted by Gasteiger charge is -2.32. The van der Waals surface area contributed by atoms with E-state index in [0.717, 1.165) is 32.7 Å². The summed E-state index contributed by atoms with van der Waals surface area (Å²) in [5.74, 6) is 0.935. The van der Waals surface area contributed by atoms with E-state index in [1.165, 1.54) is 0 Å². The van der Waals surface area contributed by atoms with Crippen LogP contribution in [-0.4, -0.2) is 62.0 Å². The fraction of sp³-hybridized carbons (Fsp3) is 0.933. The Hall–Kier alpha value is -0.610. The van der Waals surface area contributed by atoms with Crippen molar-refractivity contribution in [2.24, 2.45) is 16.7 Å².